The topological polar surface area (TPSA) is 76.1 Å². The Labute approximate surface area is 124 Å². The number of carboxylic acids is 1. The number of rotatable bonds is 8. The van der Waals surface area contributed by atoms with Crippen LogP contribution in [0.25, 0.3) is 0 Å². The van der Waals surface area contributed by atoms with Gasteiger partial charge < -0.3 is 19.5 Å². The molecule has 1 aromatic carbocycles. The van der Waals surface area contributed by atoms with Crippen LogP contribution in [0, 0.1) is 0 Å². The summed E-state index contributed by atoms with van der Waals surface area (Å²) >= 11 is 0. The molecule has 0 saturated heterocycles. The van der Waals surface area contributed by atoms with Crippen molar-refractivity contribution in [2.24, 2.45) is 0 Å². The fourth-order valence-corrected chi connectivity index (χ4v) is 1.83. The summed E-state index contributed by atoms with van der Waals surface area (Å²) in [5, 5.41) is 9.01. The smallest absolute Gasteiger partial charge is 0.326 e. The molecule has 0 fully saturated rings. The number of amides is 1. The molecular weight excluding hydrogens is 274 g/mol. The average Bonchev–Trinajstić information content (AvgIpc) is 2.46. The molecule has 21 heavy (non-hydrogen) atoms. The van der Waals surface area contributed by atoms with Crippen LogP contribution in [-0.2, 0) is 9.59 Å². The van der Waals surface area contributed by atoms with Crippen LogP contribution in [-0.4, -0.2) is 48.2 Å². The maximum atomic E-state index is 11.9. The molecule has 0 aromatic heterocycles. The normalized spacial score (nSPS) is 11.6. The van der Waals surface area contributed by atoms with Crippen LogP contribution >= 0.6 is 0 Å². The minimum atomic E-state index is -1.02. The van der Waals surface area contributed by atoms with Crippen LogP contribution in [0.3, 0.4) is 0 Å². The van der Waals surface area contributed by atoms with E-state index in [0.29, 0.717) is 18.8 Å². The van der Waals surface area contributed by atoms with E-state index in [0.717, 1.165) is 5.75 Å². The molecule has 1 amide bonds. The van der Waals surface area contributed by atoms with Crippen molar-refractivity contribution >= 4 is 11.9 Å². The van der Waals surface area contributed by atoms with E-state index in [1.807, 2.05) is 6.92 Å². The first-order valence-corrected chi connectivity index (χ1v) is 6.83. The lowest BCUT2D eigenvalue weighted by molar-refractivity contribution is -0.149. The third-order valence-electron chi connectivity index (χ3n) is 3.03. The van der Waals surface area contributed by atoms with Gasteiger partial charge in [0, 0.05) is 7.05 Å². The quantitative estimate of drug-likeness (QED) is 0.791. The van der Waals surface area contributed by atoms with Gasteiger partial charge in [0.2, 0.25) is 0 Å². The van der Waals surface area contributed by atoms with Crippen molar-refractivity contribution in [2.75, 3.05) is 20.3 Å². The fraction of sp³-hybridized carbons (Fsp3) is 0.467. The van der Waals surface area contributed by atoms with Gasteiger partial charge in [-0.2, -0.15) is 0 Å². The van der Waals surface area contributed by atoms with Gasteiger partial charge in [-0.05, 0) is 37.6 Å². The Morgan fingerprint density at radius 3 is 2.10 bits per heavy atom. The number of nitrogens with zero attached hydrogens (tertiary/aromatic N) is 1. The Bertz CT molecular complexity index is 471. The molecule has 1 unspecified atom stereocenters. The first-order valence-electron chi connectivity index (χ1n) is 6.83. The monoisotopic (exact) mass is 295 g/mol. The number of hydrogen-bond donors (Lipinski definition) is 1. The van der Waals surface area contributed by atoms with Crippen molar-refractivity contribution in [3.05, 3.63) is 24.3 Å². The molecule has 1 aromatic rings. The zero-order valence-corrected chi connectivity index (χ0v) is 12.5. The highest BCUT2D eigenvalue weighted by Gasteiger charge is 2.24. The minimum absolute atomic E-state index is 0.200. The van der Waals surface area contributed by atoms with Gasteiger partial charge >= 0.3 is 5.97 Å². The molecule has 0 aliphatic carbocycles. The van der Waals surface area contributed by atoms with Crippen molar-refractivity contribution in [2.45, 2.75) is 26.3 Å². The van der Waals surface area contributed by atoms with Crippen LogP contribution in [0.5, 0.6) is 11.5 Å². The lowest BCUT2D eigenvalue weighted by atomic mass is 10.2. The maximum Gasteiger partial charge on any atom is 0.326 e. The number of ether oxygens (including phenoxy) is 2. The Morgan fingerprint density at radius 2 is 1.67 bits per heavy atom. The Kier molecular flexibility index (Phi) is 6.52. The second-order valence-corrected chi connectivity index (χ2v) is 4.46. The summed E-state index contributed by atoms with van der Waals surface area (Å²) in [6, 6.07) is 6.07. The van der Waals surface area contributed by atoms with Crippen molar-refractivity contribution in [1.82, 2.24) is 4.90 Å². The number of hydrogen-bond acceptors (Lipinski definition) is 4. The molecule has 0 saturated carbocycles. The van der Waals surface area contributed by atoms with E-state index in [4.69, 9.17) is 14.6 Å². The molecule has 0 bridgehead atoms. The molecule has 1 N–H and O–H groups in total. The van der Waals surface area contributed by atoms with E-state index in [-0.39, 0.29) is 12.5 Å². The van der Waals surface area contributed by atoms with Crippen LogP contribution < -0.4 is 9.47 Å². The van der Waals surface area contributed by atoms with E-state index in [9.17, 15) is 9.59 Å². The summed E-state index contributed by atoms with van der Waals surface area (Å²) in [5.41, 5.74) is 0. The van der Waals surface area contributed by atoms with Crippen LogP contribution in [0.4, 0.5) is 0 Å². The van der Waals surface area contributed by atoms with Gasteiger partial charge in [0.05, 0.1) is 6.61 Å². The van der Waals surface area contributed by atoms with E-state index < -0.39 is 12.0 Å². The van der Waals surface area contributed by atoms with Gasteiger partial charge in [-0.1, -0.05) is 6.92 Å². The molecule has 0 aliphatic heterocycles. The first-order chi connectivity index (χ1) is 9.99. The SMILES string of the molecule is CCOc1ccc(OCC(=O)N(C)C(CC)C(=O)O)cc1. The third kappa shape index (κ3) is 4.98. The highest BCUT2D eigenvalue weighted by molar-refractivity contribution is 5.84. The first kappa shape index (κ1) is 16.8. The summed E-state index contributed by atoms with van der Waals surface area (Å²) in [4.78, 5) is 24.1. The lowest BCUT2D eigenvalue weighted by Crippen LogP contribution is -2.44. The summed E-state index contributed by atoms with van der Waals surface area (Å²) in [7, 11) is 1.46. The minimum Gasteiger partial charge on any atom is -0.494 e. The standard InChI is InChI=1S/C15H21NO5/c1-4-13(15(18)19)16(3)14(17)10-21-12-8-6-11(7-9-12)20-5-2/h6-9,13H,4-5,10H2,1-3H3,(H,18,19). The fourth-order valence-electron chi connectivity index (χ4n) is 1.83. The summed E-state index contributed by atoms with van der Waals surface area (Å²) < 4.78 is 10.7. The van der Waals surface area contributed by atoms with Crippen molar-refractivity contribution < 1.29 is 24.2 Å². The lowest BCUT2D eigenvalue weighted by Gasteiger charge is -2.23. The van der Waals surface area contributed by atoms with Crippen LogP contribution in [0.1, 0.15) is 20.3 Å². The molecule has 0 aliphatic rings. The second kappa shape index (κ2) is 8.14. The highest BCUT2D eigenvalue weighted by Crippen LogP contribution is 2.17. The molecule has 6 nitrogen and oxygen atoms in total. The zero-order valence-electron chi connectivity index (χ0n) is 12.5. The Balaban J connectivity index is 2.53. The molecule has 0 heterocycles. The molecular formula is C15H21NO5. The van der Waals surface area contributed by atoms with E-state index in [1.54, 1.807) is 31.2 Å². The van der Waals surface area contributed by atoms with Gasteiger partial charge in [0.15, 0.2) is 6.61 Å². The Morgan fingerprint density at radius 1 is 1.14 bits per heavy atom. The summed E-state index contributed by atoms with van der Waals surface area (Å²) in [6.07, 6.45) is 0.348. The Hall–Kier alpha value is -2.24. The highest BCUT2D eigenvalue weighted by atomic mass is 16.5. The molecule has 6 heteroatoms. The predicted octanol–water partition coefficient (Wildman–Crippen LogP) is 1.79. The van der Waals surface area contributed by atoms with Gasteiger partial charge in [-0.15, -0.1) is 0 Å². The van der Waals surface area contributed by atoms with Crippen LogP contribution in [0.2, 0.25) is 0 Å². The summed E-state index contributed by atoms with van der Waals surface area (Å²) in [6.45, 7) is 3.99. The van der Waals surface area contributed by atoms with Crippen LogP contribution in [0.15, 0.2) is 24.3 Å². The number of carbonyl (C=O) groups is 2. The van der Waals surface area contributed by atoms with Gasteiger partial charge in [0.1, 0.15) is 17.5 Å². The molecule has 0 radical (unpaired) electrons. The number of carbonyl (C=O) groups excluding carboxylic acids is 1. The number of carboxylic acid groups (broad SMARTS) is 1. The average molecular weight is 295 g/mol. The van der Waals surface area contributed by atoms with Gasteiger partial charge in [-0.3, -0.25) is 4.79 Å². The van der Waals surface area contributed by atoms with Crippen molar-refractivity contribution in [3.8, 4) is 11.5 Å². The number of likely N-dealkylation sites (N-methyl/N-ethyl adjacent to an activating group) is 1. The number of aliphatic carboxylic acids is 1. The van der Waals surface area contributed by atoms with E-state index in [2.05, 4.69) is 0 Å². The van der Waals surface area contributed by atoms with E-state index in [1.165, 1.54) is 11.9 Å². The van der Waals surface area contributed by atoms with Crippen molar-refractivity contribution in [3.63, 3.8) is 0 Å². The molecule has 0 spiro atoms. The largest absolute Gasteiger partial charge is 0.494 e. The molecule has 1 atom stereocenters. The van der Waals surface area contributed by atoms with Gasteiger partial charge in [0.25, 0.3) is 5.91 Å². The third-order valence-corrected chi connectivity index (χ3v) is 3.03. The van der Waals surface area contributed by atoms with Crippen molar-refractivity contribution in [1.29, 1.82) is 0 Å². The maximum absolute atomic E-state index is 11.9. The van der Waals surface area contributed by atoms with Gasteiger partial charge in [-0.25, -0.2) is 4.79 Å². The molecule has 1 rings (SSSR count). The second-order valence-electron chi connectivity index (χ2n) is 4.46. The summed E-state index contributed by atoms with van der Waals surface area (Å²) in [5.74, 6) is -0.138. The van der Waals surface area contributed by atoms with E-state index >= 15 is 0 Å². The number of benzene rings is 1. The predicted molar refractivity (Wildman–Crippen MR) is 77.6 cm³/mol. The zero-order chi connectivity index (χ0) is 15.8. The molecule has 116 valence electrons.